The van der Waals surface area contributed by atoms with Crippen molar-refractivity contribution in [2.24, 2.45) is 0 Å². The van der Waals surface area contributed by atoms with Gasteiger partial charge >= 0.3 is 0 Å². The summed E-state index contributed by atoms with van der Waals surface area (Å²) in [5.41, 5.74) is 0.281. The van der Waals surface area contributed by atoms with E-state index in [0.29, 0.717) is 49.8 Å². The highest BCUT2D eigenvalue weighted by atomic mass is 32.2. The summed E-state index contributed by atoms with van der Waals surface area (Å²) < 4.78 is 41.6. The van der Waals surface area contributed by atoms with Crippen LogP contribution in [-0.4, -0.2) is 77.8 Å². The Morgan fingerprint density at radius 2 is 1.77 bits per heavy atom. The third-order valence-electron chi connectivity index (χ3n) is 6.43. The van der Waals surface area contributed by atoms with Crippen LogP contribution in [0.3, 0.4) is 0 Å². The molecule has 2 fully saturated rings. The SMILES string of the molecule is COCCOc1cc(F)c(N2CCN(c3nc4c(cnn4C4CCSCC4)c(=O)[nH]3)CC2)c(F)c1. The van der Waals surface area contributed by atoms with Gasteiger partial charge in [0.1, 0.15) is 23.4 Å². The first-order valence-electron chi connectivity index (χ1n) is 11.7. The van der Waals surface area contributed by atoms with Crippen molar-refractivity contribution in [2.45, 2.75) is 18.9 Å². The van der Waals surface area contributed by atoms with Gasteiger partial charge in [-0.25, -0.2) is 13.5 Å². The molecule has 35 heavy (non-hydrogen) atoms. The van der Waals surface area contributed by atoms with E-state index in [9.17, 15) is 13.6 Å². The van der Waals surface area contributed by atoms with Crippen molar-refractivity contribution in [3.05, 3.63) is 40.3 Å². The molecule has 188 valence electrons. The van der Waals surface area contributed by atoms with Crippen LogP contribution >= 0.6 is 11.8 Å². The first kappa shape index (κ1) is 23.9. The highest BCUT2D eigenvalue weighted by Crippen LogP contribution is 2.31. The Kier molecular flexibility index (Phi) is 7.09. The Bertz CT molecular complexity index is 1210. The molecule has 2 aromatic heterocycles. The summed E-state index contributed by atoms with van der Waals surface area (Å²) in [6.07, 6.45) is 3.58. The standard InChI is InChI=1S/C23H28F2N6O3S/c1-33-8-9-34-16-12-18(24)20(19(25)13-16)29-4-6-30(7-5-29)23-27-21-17(22(32)28-23)14-26-31(21)15-2-10-35-11-3-15/h12-15H,2-11H2,1H3,(H,27,28,32). The molecule has 0 unspecified atom stereocenters. The number of aromatic amines is 1. The smallest absolute Gasteiger partial charge is 0.263 e. The van der Waals surface area contributed by atoms with Crippen LogP contribution in [0.25, 0.3) is 11.0 Å². The molecular formula is C23H28F2N6O3S. The number of methoxy groups -OCH3 is 1. The summed E-state index contributed by atoms with van der Waals surface area (Å²) in [7, 11) is 1.53. The van der Waals surface area contributed by atoms with Gasteiger partial charge in [0.05, 0.1) is 18.8 Å². The second-order valence-electron chi connectivity index (χ2n) is 8.61. The summed E-state index contributed by atoms with van der Waals surface area (Å²) in [6, 6.07) is 2.62. The van der Waals surface area contributed by atoms with E-state index in [1.807, 2.05) is 21.3 Å². The predicted octanol–water partition coefficient (Wildman–Crippen LogP) is 2.82. The minimum atomic E-state index is -0.673. The summed E-state index contributed by atoms with van der Waals surface area (Å²) in [6.45, 7) is 2.19. The molecule has 2 aliphatic rings. The van der Waals surface area contributed by atoms with E-state index in [1.54, 1.807) is 11.1 Å². The second-order valence-corrected chi connectivity index (χ2v) is 9.84. The van der Waals surface area contributed by atoms with Gasteiger partial charge in [0, 0.05) is 45.4 Å². The molecule has 0 saturated carbocycles. The number of nitrogens with zero attached hydrogens (tertiary/aromatic N) is 5. The van der Waals surface area contributed by atoms with Crippen molar-refractivity contribution in [1.29, 1.82) is 0 Å². The molecule has 1 aromatic carbocycles. The summed E-state index contributed by atoms with van der Waals surface area (Å²) >= 11 is 1.93. The Morgan fingerprint density at radius 1 is 1.09 bits per heavy atom. The maximum atomic E-state index is 14.8. The maximum Gasteiger partial charge on any atom is 0.263 e. The van der Waals surface area contributed by atoms with Gasteiger partial charge in [0.2, 0.25) is 5.95 Å². The largest absolute Gasteiger partial charge is 0.491 e. The molecule has 0 spiro atoms. The number of H-pyrrole nitrogens is 1. The lowest BCUT2D eigenvalue weighted by Gasteiger charge is -2.36. The van der Waals surface area contributed by atoms with E-state index >= 15 is 0 Å². The zero-order valence-electron chi connectivity index (χ0n) is 19.5. The molecule has 0 amide bonds. The molecule has 0 aliphatic carbocycles. The monoisotopic (exact) mass is 506 g/mol. The number of piperazine rings is 1. The van der Waals surface area contributed by atoms with Gasteiger partial charge in [0.25, 0.3) is 5.56 Å². The number of ether oxygens (including phenoxy) is 2. The fourth-order valence-corrected chi connectivity index (χ4v) is 5.67. The normalized spacial score (nSPS) is 17.3. The van der Waals surface area contributed by atoms with E-state index < -0.39 is 11.6 Å². The number of hydrogen-bond acceptors (Lipinski definition) is 8. The third kappa shape index (κ3) is 4.94. The minimum Gasteiger partial charge on any atom is -0.491 e. The third-order valence-corrected chi connectivity index (χ3v) is 7.48. The molecule has 4 heterocycles. The van der Waals surface area contributed by atoms with Crippen LogP contribution < -0.4 is 20.1 Å². The Morgan fingerprint density at radius 3 is 2.46 bits per heavy atom. The number of nitrogens with one attached hydrogen (secondary N) is 1. The topological polar surface area (TPSA) is 88.5 Å². The Labute approximate surface area is 205 Å². The van der Waals surface area contributed by atoms with E-state index in [0.717, 1.165) is 24.3 Å². The van der Waals surface area contributed by atoms with Gasteiger partial charge in [-0.2, -0.15) is 21.8 Å². The number of benzene rings is 1. The summed E-state index contributed by atoms with van der Waals surface area (Å²) in [4.78, 5) is 23.9. The zero-order valence-corrected chi connectivity index (χ0v) is 20.3. The number of anilines is 2. The van der Waals surface area contributed by atoms with Gasteiger partial charge in [-0.3, -0.25) is 9.78 Å². The Balaban J connectivity index is 1.31. The second kappa shape index (κ2) is 10.4. The average Bonchev–Trinajstić information content (AvgIpc) is 3.29. The van der Waals surface area contributed by atoms with E-state index in [-0.39, 0.29) is 29.6 Å². The summed E-state index contributed by atoms with van der Waals surface area (Å²) in [5, 5.41) is 4.94. The van der Waals surface area contributed by atoms with Crippen molar-refractivity contribution < 1.29 is 18.3 Å². The van der Waals surface area contributed by atoms with Crippen molar-refractivity contribution in [3.8, 4) is 5.75 Å². The number of fused-ring (bicyclic) bond motifs is 1. The molecule has 1 N–H and O–H groups in total. The van der Waals surface area contributed by atoms with Crippen molar-refractivity contribution in [3.63, 3.8) is 0 Å². The van der Waals surface area contributed by atoms with E-state index in [1.165, 1.54) is 19.2 Å². The van der Waals surface area contributed by atoms with Gasteiger partial charge < -0.3 is 19.3 Å². The quantitative estimate of drug-likeness (QED) is 0.490. The molecule has 0 bridgehead atoms. The van der Waals surface area contributed by atoms with Gasteiger partial charge in [-0.15, -0.1) is 0 Å². The van der Waals surface area contributed by atoms with Crippen LogP contribution in [0.1, 0.15) is 18.9 Å². The van der Waals surface area contributed by atoms with Crippen LogP contribution in [0.15, 0.2) is 23.1 Å². The van der Waals surface area contributed by atoms with Crippen molar-refractivity contribution in [2.75, 3.05) is 67.8 Å². The first-order valence-corrected chi connectivity index (χ1v) is 12.9. The number of thioether (sulfide) groups is 1. The molecule has 5 rings (SSSR count). The molecule has 0 radical (unpaired) electrons. The van der Waals surface area contributed by atoms with Gasteiger partial charge in [0.15, 0.2) is 17.3 Å². The van der Waals surface area contributed by atoms with Crippen LogP contribution in [0, 0.1) is 11.6 Å². The number of aromatic nitrogens is 4. The highest BCUT2D eigenvalue weighted by Gasteiger charge is 2.26. The molecular weight excluding hydrogens is 478 g/mol. The molecule has 0 atom stereocenters. The molecule has 3 aromatic rings. The molecule has 2 saturated heterocycles. The molecule has 2 aliphatic heterocycles. The number of rotatable bonds is 7. The lowest BCUT2D eigenvalue weighted by atomic mass is 10.1. The summed E-state index contributed by atoms with van der Waals surface area (Å²) in [5.74, 6) is 1.37. The number of hydrogen-bond donors (Lipinski definition) is 1. The van der Waals surface area contributed by atoms with E-state index in [4.69, 9.17) is 14.5 Å². The zero-order chi connectivity index (χ0) is 24.4. The average molecular weight is 507 g/mol. The lowest BCUT2D eigenvalue weighted by molar-refractivity contribution is 0.146. The number of halogens is 2. The van der Waals surface area contributed by atoms with E-state index in [2.05, 4.69) is 10.1 Å². The maximum absolute atomic E-state index is 14.8. The lowest BCUT2D eigenvalue weighted by Crippen LogP contribution is -2.48. The highest BCUT2D eigenvalue weighted by molar-refractivity contribution is 7.99. The molecule has 12 heteroatoms. The minimum absolute atomic E-state index is 0.0751. The molecule has 9 nitrogen and oxygen atoms in total. The van der Waals surface area contributed by atoms with Crippen molar-refractivity contribution >= 4 is 34.4 Å². The van der Waals surface area contributed by atoms with Gasteiger partial charge in [-0.1, -0.05) is 0 Å². The fourth-order valence-electron chi connectivity index (χ4n) is 4.58. The van der Waals surface area contributed by atoms with Crippen molar-refractivity contribution in [1.82, 2.24) is 19.7 Å². The fraction of sp³-hybridized carbons (Fsp3) is 0.522. The van der Waals surface area contributed by atoms with Crippen LogP contribution in [-0.2, 0) is 4.74 Å². The van der Waals surface area contributed by atoms with Crippen LogP contribution in [0.4, 0.5) is 20.4 Å². The van der Waals surface area contributed by atoms with Gasteiger partial charge in [-0.05, 0) is 24.3 Å². The Hall–Kier alpha value is -2.86. The first-order chi connectivity index (χ1) is 17.0. The van der Waals surface area contributed by atoms with Crippen LogP contribution in [0.5, 0.6) is 5.75 Å². The van der Waals surface area contributed by atoms with Crippen LogP contribution in [0.2, 0.25) is 0 Å². The predicted molar refractivity (Wildman–Crippen MR) is 132 cm³/mol.